The minimum absolute atomic E-state index is 0.0895. The molecule has 2 atom stereocenters. The van der Waals surface area contributed by atoms with Gasteiger partial charge in [0, 0.05) is 12.5 Å². The number of hydrogen-bond acceptors (Lipinski definition) is 4. The number of H-pyrrole nitrogens is 1. The van der Waals surface area contributed by atoms with Crippen LogP contribution in [-0.2, 0) is 4.74 Å². The molecule has 0 radical (unpaired) electrons. The summed E-state index contributed by atoms with van der Waals surface area (Å²) in [5.74, 6) is 0. The largest absolute Gasteiger partial charge is 0.375 e. The van der Waals surface area contributed by atoms with E-state index in [-0.39, 0.29) is 4.87 Å². The second-order valence-electron chi connectivity index (χ2n) is 4.16. The third-order valence-corrected chi connectivity index (χ3v) is 3.56. The fourth-order valence-electron chi connectivity index (χ4n) is 1.91. The number of ether oxygens (including phenoxy) is 1. The summed E-state index contributed by atoms with van der Waals surface area (Å²) in [5, 5.41) is 1.76. The van der Waals surface area contributed by atoms with E-state index in [9.17, 15) is 9.18 Å². The van der Waals surface area contributed by atoms with E-state index in [1.807, 2.05) is 24.3 Å². The summed E-state index contributed by atoms with van der Waals surface area (Å²) in [6.45, 7) is -0.641. The van der Waals surface area contributed by atoms with Gasteiger partial charge in [0.15, 0.2) is 0 Å². The van der Waals surface area contributed by atoms with Crippen LogP contribution in [0, 0.1) is 0 Å². The van der Waals surface area contributed by atoms with Gasteiger partial charge in [-0.2, -0.15) is 0 Å². The molecular weight excluding hydrogens is 267 g/mol. The predicted molar refractivity (Wildman–Crippen MR) is 74.1 cm³/mol. The van der Waals surface area contributed by atoms with Gasteiger partial charge in [0.05, 0.1) is 17.8 Å². The number of aromatic nitrogens is 1. The molecule has 6 heteroatoms. The van der Waals surface area contributed by atoms with Gasteiger partial charge in [0.25, 0.3) is 0 Å². The monoisotopic (exact) mass is 282 g/mol. The van der Waals surface area contributed by atoms with E-state index >= 15 is 0 Å². The van der Waals surface area contributed by atoms with Crippen LogP contribution in [0.3, 0.4) is 0 Å². The van der Waals surface area contributed by atoms with Gasteiger partial charge < -0.3 is 15.5 Å². The van der Waals surface area contributed by atoms with Crippen LogP contribution in [0.2, 0.25) is 0 Å². The first-order valence-corrected chi connectivity index (χ1v) is 6.66. The summed E-state index contributed by atoms with van der Waals surface area (Å²) in [4.78, 5) is 13.7. The first kappa shape index (κ1) is 13.9. The zero-order valence-corrected chi connectivity index (χ0v) is 11.2. The minimum atomic E-state index is -0.684. The molecule has 0 bridgehead atoms. The van der Waals surface area contributed by atoms with Crippen molar-refractivity contribution in [1.29, 1.82) is 0 Å². The molecule has 4 nitrogen and oxygen atoms in total. The first-order chi connectivity index (χ1) is 9.15. The molecule has 0 aliphatic carbocycles. The molecule has 0 aliphatic heterocycles. The van der Waals surface area contributed by atoms with E-state index in [0.29, 0.717) is 0 Å². The Morgan fingerprint density at radius 3 is 2.58 bits per heavy atom. The van der Waals surface area contributed by atoms with Crippen molar-refractivity contribution in [3.8, 4) is 11.3 Å². The maximum Gasteiger partial charge on any atom is 0.304 e. The quantitative estimate of drug-likeness (QED) is 0.882. The van der Waals surface area contributed by atoms with Crippen molar-refractivity contribution in [3.05, 3.63) is 44.9 Å². The van der Waals surface area contributed by atoms with Crippen LogP contribution in [0.15, 0.2) is 34.4 Å². The Bertz CT molecular complexity index is 579. The number of methoxy groups -OCH3 is 1. The molecule has 0 fully saturated rings. The van der Waals surface area contributed by atoms with Crippen molar-refractivity contribution in [2.45, 2.75) is 12.1 Å². The Kier molecular flexibility index (Phi) is 4.47. The van der Waals surface area contributed by atoms with Gasteiger partial charge in [0.2, 0.25) is 0 Å². The number of benzene rings is 1. The third-order valence-electron chi connectivity index (χ3n) is 2.89. The van der Waals surface area contributed by atoms with Crippen LogP contribution >= 0.6 is 11.3 Å². The van der Waals surface area contributed by atoms with E-state index in [2.05, 4.69) is 4.98 Å². The van der Waals surface area contributed by atoms with Crippen molar-refractivity contribution in [2.75, 3.05) is 13.8 Å². The van der Waals surface area contributed by atoms with E-state index in [1.54, 1.807) is 5.38 Å². The Morgan fingerprint density at radius 2 is 2.11 bits per heavy atom. The Balaban J connectivity index is 2.24. The Labute approximate surface area is 114 Å². The number of rotatable bonds is 5. The van der Waals surface area contributed by atoms with Crippen molar-refractivity contribution in [2.24, 2.45) is 5.73 Å². The highest BCUT2D eigenvalue weighted by atomic mass is 32.1. The van der Waals surface area contributed by atoms with Gasteiger partial charge in [0.1, 0.15) is 6.67 Å². The van der Waals surface area contributed by atoms with Gasteiger partial charge in [-0.3, -0.25) is 4.79 Å². The molecule has 1 aromatic heterocycles. The lowest BCUT2D eigenvalue weighted by Crippen LogP contribution is -2.31. The highest BCUT2D eigenvalue weighted by Gasteiger charge is 2.19. The van der Waals surface area contributed by atoms with Crippen LogP contribution in [-0.4, -0.2) is 24.8 Å². The molecule has 3 N–H and O–H groups in total. The highest BCUT2D eigenvalue weighted by Crippen LogP contribution is 2.24. The molecule has 0 amide bonds. The van der Waals surface area contributed by atoms with Crippen molar-refractivity contribution >= 4 is 11.3 Å². The van der Waals surface area contributed by atoms with E-state index in [1.165, 1.54) is 7.11 Å². The summed E-state index contributed by atoms with van der Waals surface area (Å²) < 4.78 is 17.8. The molecule has 0 saturated carbocycles. The first-order valence-electron chi connectivity index (χ1n) is 5.78. The van der Waals surface area contributed by atoms with Gasteiger partial charge in [-0.15, -0.1) is 0 Å². The Hall–Kier alpha value is -1.50. The van der Waals surface area contributed by atoms with Gasteiger partial charge in [-0.25, -0.2) is 4.39 Å². The maximum atomic E-state index is 12.6. The normalized spacial score (nSPS) is 14.3. The zero-order chi connectivity index (χ0) is 13.8. The molecule has 102 valence electrons. The lowest BCUT2D eigenvalue weighted by Gasteiger charge is -2.20. The molecule has 0 spiro atoms. The van der Waals surface area contributed by atoms with Crippen LogP contribution in [0.25, 0.3) is 11.3 Å². The van der Waals surface area contributed by atoms with Gasteiger partial charge in [-0.05, 0) is 11.1 Å². The van der Waals surface area contributed by atoms with Crippen molar-refractivity contribution < 1.29 is 9.13 Å². The van der Waals surface area contributed by atoms with E-state index < -0.39 is 18.8 Å². The number of hydrogen-bond donors (Lipinski definition) is 2. The van der Waals surface area contributed by atoms with Gasteiger partial charge in [-0.1, -0.05) is 35.6 Å². The molecule has 0 aliphatic rings. The number of thiazole rings is 1. The summed E-state index contributed by atoms with van der Waals surface area (Å²) in [5.41, 5.74) is 8.14. The second kappa shape index (κ2) is 6.10. The average molecular weight is 282 g/mol. The van der Waals surface area contributed by atoms with Gasteiger partial charge >= 0.3 is 4.87 Å². The fraction of sp³-hybridized carbons (Fsp3) is 0.308. The molecule has 2 unspecified atom stereocenters. The number of alkyl halides is 1. The van der Waals surface area contributed by atoms with Crippen LogP contribution in [0.4, 0.5) is 4.39 Å². The fourth-order valence-corrected chi connectivity index (χ4v) is 2.50. The number of nitrogens with one attached hydrogen (secondary N) is 1. The van der Waals surface area contributed by atoms with Crippen molar-refractivity contribution in [1.82, 2.24) is 4.98 Å². The molecular formula is C13H15FN2O2S. The Morgan fingerprint density at radius 1 is 1.42 bits per heavy atom. The average Bonchev–Trinajstić information content (AvgIpc) is 2.87. The third kappa shape index (κ3) is 3.09. The van der Waals surface area contributed by atoms with E-state index in [0.717, 1.165) is 28.2 Å². The van der Waals surface area contributed by atoms with Crippen LogP contribution in [0.1, 0.15) is 11.7 Å². The SMILES string of the molecule is COC(c1ccc(-c2csc(=O)[nH]2)cc1)C(N)CF. The van der Waals surface area contributed by atoms with Crippen LogP contribution < -0.4 is 10.6 Å². The summed E-state index contributed by atoms with van der Waals surface area (Å²) in [6, 6.07) is 6.68. The summed E-state index contributed by atoms with van der Waals surface area (Å²) in [6.07, 6.45) is -0.472. The lowest BCUT2D eigenvalue weighted by molar-refractivity contribution is 0.0721. The lowest BCUT2D eigenvalue weighted by atomic mass is 10.0. The predicted octanol–water partition coefficient (Wildman–Crippen LogP) is 2.09. The summed E-state index contributed by atoms with van der Waals surface area (Å²) in [7, 11) is 1.50. The zero-order valence-electron chi connectivity index (χ0n) is 10.4. The molecule has 19 heavy (non-hydrogen) atoms. The minimum Gasteiger partial charge on any atom is -0.375 e. The number of nitrogens with two attached hydrogens (primary N) is 1. The van der Waals surface area contributed by atoms with E-state index in [4.69, 9.17) is 10.5 Å². The number of aromatic amines is 1. The molecule has 2 rings (SSSR count). The molecule has 1 aromatic carbocycles. The molecule has 1 heterocycles. The second-order valence-corrected chi connectivity index (χ2v) is 5.00. The smallest absolute Gasteiger partial charge is 0.304 e. The molecule has 2 aromatic rings. The summed E-state index contributed by atoms with van der Waals surface area (Å²) >= 11 is 1.12. The van der Waals surface area contributed by atoms with Crippen molar-refractivity contribution in [3.63, 3.8) is 0 Å². The van der Waals surface area contributed by atoms with Crippen LogP contribution in [0.5, 0.6) is 0 Å². The highest BCUT2D eigenvalue weighted by molar-refractivity contribution is 7.07. The number of halogens is 1. The maximum absolute atomic E-state index is 12.6. The molecule has 0 saturated heterocycles. The standard InChI is InChI=1S/C13H15FN2O2S/c1-18-12(10(15)6-14)9-4-2-8(3-5-9)11-7-19-13(17)16-11/h2-5,7,10,12H,6,15H2,1H3,(H,16,17). The topological polar surface area (TPSA) is 68.1 Å².